The Hall–Kier alpha value is -1.10. The molecule has 19 heavy (non-hydrogen) atoms. The smallest absolute Gasteiger partial charge is 0.410 e. The van der Waals surface area contributed by atoms with Crippen molar-refractivity contribution in [3.05, 3.63) is 0 Å². The number of nitrogens with zero attached hydrogens (tertiary/aromatic N) is 1. The van der Waals surface area contributed by atoms with Gasteiger partial charge in [-0.2, -0.15) is 0 Å². The standard InChI is InChI=1S/C14H25NO4/c1-10-6-11(8-16)7-12(9-18-5)15(10)13(17)19-14(2,3)4/h8,10-12H,6-7,9H2,1-5H3. The maximum Gasteiger partial charge on any atom is 0.410 e. The van der Waals surface area contributed by atoms with Crippen LogP contribution >= 0.6 is 0 Å². The summed E-state index contributed by atoms with van der Waals surface area (Å²) in [6.45, 7) is 7.91. The molecule has 0 saturated carbocycles. The number of ether oxygens (including phenoxy) is 2. The van der Waals surface area contributed by atoms with Crippen molar-refractivity contribution in [3.63, 3.8) is 0 Å². The van der Waals surface area contributed by atoms with E-state index < -0.39 is 5.60 Å². The van der Waals surface area contributed by atoms with Crippen LogP contribution in [-0.2, 0) is 14.3 Å². The Morgan fingerprint density at radius 1 is 1.37 bits per heavy atom. The highest BCUT2D eigenvalue weighted by molar-refractivity contribution is 5.69. The molecule has 0 aromatic carbocycles. The zero-order valence-corrected chi connectivity index (χ0v) is 12.5. The highest BCUT2D eigenvalue weighted by Gasteiger charge is 2.38. The molecule has 1 amide bonds. The first-order valence-corrected chi connectivity index (χ1v) is 6.74. The fourth-order valence-electron chi connectivity index (χ4n) is 2.57. The number of hydrogen-bond acceptors (Lipinski definition) is 4. The molecule has 0 aromatic rings. The van der Waals surface area contributed by atoms with Crippen molar-refractivity contribution in [1.29, 1.82) is 0 Å². The molecule has 1 rings (SSSR count). The molecular weight excluding hydrogens is 246 g/mol. The summed E-state index contributed by atoms with van der Waals surface area (Å²) in [5.74, 6) is -0.00571. The van der Waals surface area contributed by atoms with Crippen LogP contribution in [0.4, 0.5) is 4.79 Å². The predicted molar refractivity (Wildman–Crippen MR) is 72.0 cm³/mol. The highest BCUT2D eigenvalue weighted by atomic mass is 16.6. The van der Waals surface area contributed by atoms with E-state index in [0.29, 0.717) is 19.4 Å². The minimum absolute atomic E-state index is 0.00571. The van der Waals surface area contributed by atoms with Crippen molar-refractivity contribution in [3.8, 4) is 0 Å². The molecule has 110 valence electrons. The van der Waals surface area contributed by atoms with Gasteiger partial charge in [0.15, 0.2) is 0 Å². The van der Waals surface area contributed by atoms with Crippen LogP contribution in [0, 0.1) is 5.92 Å². The van der Waals surface area contributed by atoms with Crippen molar-refractivity contribution in [2.45, 2.75) is 58.2 Å². The minimum Gasteiger partial charge on any atom is -0.444 e. The van der Waals surface area contributed by atoms with Gasteiger partial charge in [0.1, 0.15) is 11.9 Å². The quantitative estimate of drug-likeness (QED) is 0.739. The monoisotopic (exact) mass is 271 g/mol. The molecule has 5 nitrogen and oxygen atoms in total. The Bertz CT molecular complexity index is 324. The fourth-order valence-corrected chi connectivity index (χ4v) is 2.57. The van der Waals surface area contributed by atoms with Crippen LogP contribution in [-0.4, -0.2) is 48.7 Å². The number of piperidine rings is 1. The van der Waals surface area contributed by atoms with Gasteiger partial charge in [0.05, 0.1) is 12.6 Å². The van der Waals surface area contributed by atoms with Gasteiger partial charge in [0.25, 0.3) is 0 Å². The lowest BCUT2D eigenvalue weighted by molar-refractivity contribution is -0.114. The topological polar surface area (TPSA) is 55.8 Å². The number of carbonyl (C=O) groups excluding carboxylic acids is 2. The summed E-state index contributed by atoms with van der Waals surface area (Å²) in [6, 6.07) is -0.113. The molecular formula is C14H25NO4. The van der Waals surface area contributed by atoms with E-state index in [0.717, 1.165) is 6.29 Å². The van der Waals surface area contributed by atoms with Crippen LogP contribution in [0.2, 0.25) is 0 Å². The lowest BCUT2D eigenvalue weighted by Crippen LogP contribution is -2.54. The van der Waals surface area contributed by atoms with E-state index in [2.05, 4.69) is 0 Å². The van der Waals surface area contributed by atoms with Crippen molar-refractivity contribution < 1.29 is 19.1 Å². The zero-order chi connectivity index (χ0) is 14.6. The minimum atomic E-state index is -0.518. The third-order valence-corrected chi connectivity index (χ3v) is 3.24. The normalized spacial score (nSPS) is 28.1. The Balaban J connectivity index is 2.82. The van der Waals surface area contributed by atoms with Crippen molar-refractivity contribution in [2.24, 2.45) is 5.92 Å². The molecule has 0 aromatic heterocycles. The average Bonchev–Trinajstić information content (AvgIpc) is 2.26. The third kappa shape index (κ3) is 4.49. The number of hydrogen-bond donors (Lipinski definition) is 0. The van der Waals surface area contributed by atoms with E-state index in [1.54, 1.807) is 12.0 Å². The molecule has 1 aliphatic heterocycles. The van der Waals surface area contributed by atoms with E-state index in [-0.39, 0.29) is 24.1 Å². The van der Waals surface area contributed by atoms with E-state index >= 15 is 0 Å². The van der Waals surface area contributed by atoms with Gasteiger partial charge in [-0.25, -0.2) is 4.79 Å². The molecule has 1 fully saturated rings. The Morgan fingerprint density at radius 3 is 2.47 bits per heavy atom. The summed E-state index contributed by atoms with van der Waals surface area (Å²) in [4.78, 5) is 25.0. The lowest BCUT2D eigenvalue weighted by atomic mass is 9.88. The number of likely N-dealkylation sites (tertiary alicyclic amines) is 1. The SMILES string of the molecule is COCC1CC(C=O)CC(C)N1C(=O)OC(C)(C)C. The molecule has 0 aliphatic carbocycles. The van der Waals surface area contributed by atoms with Gasteiger partial charge >= 0.3 is 6.09 Å². The van der Waals surface area contributed by atoms with E-state index in [4.69, 9.17) is 9.47 Å². The molecule has 5 heteroatoms. The van der Waals surface area contributed by atoms with Crippen LogP contribution in [0.1, 0.15) is 40.5 Å². The highest BCUT2D eigenvalue weighted by Crippen LogP contribution is 2.28. The number of methoxy groups -OCH3 is 1. The van der Waals surface area contributed by atoms with Crippen LogP contribution in [0.5, 0.6) is 0 Å². The first-order valence-electron chi connectivity index (χ1n) is 6.74. The van der Waals surface area contributed by atoms with E-state index in [9.17, 15) is 9.59 Å². The Labute approximate surface area is 115 Å². The van der Waals surface area contributed by atoms with Gasteiger partial charge in [0.2, 0.25) is 0 Å². The summed E-state index contributed by atoms with van der Waals surface area (Å²) >= 11 is 0. The second-order valence-corrected chi connectivity index (χ2v) is 6.21. The average molecular weight is 271 g/mol. The third-order valence-electron chi connectivity index (χ3n) is 3.24. The largest absolute Gasteiger partial charge is 0.444 e. The van der Waals surface area contributed by atoms with Gasteiger partial charge in [-0.1, -0.05) is 0 Å². The van der Waals surface area contributed by atoms with Crippen LogP contribution in [0.25, 0.3) is 0 Å². The fraction of sp³-hybridized carbons (Fsp3) is 0.857. The molecule has 1 aliphatic rings. The van der Waals surface area contributed by atoms with Crippen molar-refractivity contribution in [1.82, 2.24) is 4.90 Å². The molecule has 0 bridgehead atoms. The summed E-state index contributed by atoms with van der Waals surface area (Å²) in [6.07, 6.45) is 1.97. The van der Waals surface area contributed by atoms with Crippen molar-refractivity contribution >= 4 is 12.4 Å². The second-order valence-electron chi connectivity index (χ2n) is 6.21. The molecule has 0 radical (unpaired) electrons. The van der Waals surface area contributed by atoms with E-state index in [1.807, 2.05) is 27.7 Å². The van der Waals surface area contributed by atoms with Gasteiger partial charge in [-0.05, 0) is 40.5 Å². The summed E-state index contributed by atoms with van der Waals surface area (Å²) in [7, 11) is 1.60. The molecule has 0 spiro atoms. The molecule has 1 heterocycles. The second kappa shape index (κ2) is 6.37. The lowest BCUT2D eigenvalue weighted by Gasteiger charge is -2.42. The van der Waals surface area contributed by atoms with E-state index in [1.165, 1.54) is 0 Å². The van der Waals surface area contributed by atoms with Gasteiger partial charge in [-0.15, -0.1) is 0 Å². The molecule has 3 atom stereocenters. The Kier molecular flexibility index (Phi) is 5.35. The van der Waals surface area contributed by atoms with Gasteiger partial charge < -0.3 is 19.2 Å². The Morgan fingerprint density at radius 2 is 2.00 bits per heavy atom. The van der Waals surface area contributed by atoms with Crippen molar-refractivity contribution in [2.75, 3.05) is 13.7 Å². The molecule has 1 saturated heterocycles. The van der Waals surface area contributed by atoms with Crippen LogP contribution in [0.3, 0.4) is 0 Å². The summed E-state index contributed by atoms with van der Waals surface area (Å²) in [5, 5.41) is 0. The first kappa shape index (κ1) is 16.0. The molecule has 0 N–H and O–H groups in total. The summed E-state index contributed by atoms with van der Waals surface area (Å²) in [5.41, 5.74) is -0.518. The number of rotatable bonds is 3. The first-order chi connectivity index (χ1) is 8.78. The van der Waals surface area contributed by atoms with Gasteiger partial charge in [-0.3, -0.25) is 0 Å². The number of aldehydes is 1. The maximum atomic E-state index is 12.3. The van der Waals surface area contributed by atoms with Gasteiger partial charge in [0, 0.05) is 19.1 Å². The van der Waals surface area contributed by atoms with Crippen LogP contribution in [0.15, 0.2) is 0 Å². The number of carbonyl (C=O) groups is 2. The maximum absolute atomic E-state index is 12.3. The van der Waals surface area contributed by atoms with Crippen LogP contribution < -0.4 is 0 Å². The summed E-state index contributed by atoms with van der Waals surface area (Å²) < 4.78 is 10.6. The molecule has 3 unspecified atom stereocenters. The number of amides is 1. The predicted octanol–water partition coefficient (Wildman–Crippen LogP) is 2.24. The zero-order valence-electron chi connectivity index (χ0n) is 12.5.